The molecule has 4 aromatic heterocycles. The topological polar surface area (TPSA) is 150 Å². The number of anilines is 5. The van der Waals surface area contributed by atoms with Crippen molar-refractivity contribution in [1.29, 1.82) is 0 Å². The second-order valence-corrected chi connectivity index (χ2v) is 16.0. The van der Waals surface area contributed by atoms with Gasteiger partial charge >= 0.3 is 0 Å². The minimum atomic E-state index is -0.351. The number of imidazole rings is 2. The Hall–Kier alpha value is -6.03. The van der Waals surface area contributed by atoms with Crippen molar-refractivity contribution in [2.75, 3.05) is 48.2 Å². The number of nitrogens with two attached hydrogens (primary N) is 1. The molecule has 2 aliphatic heterocycles. The van der Waals surface area contributed by atoms with Crippen molar-refractivity contribution in [2.45, 2.75) is 76.3 Å². The molecule has 4 aliphatic rings. The number of hydrogen-bond acceptors (Lipinski definition) is 12. The van der Waals surface area contributed by atoms with Crippen LogP contribution in [0.2, 0.25) is 5.28 Å². The number of nitrogens with zero attached hydrogens (tertiary/aromatic N) is 10. The number of nitrogen functional groups attached to an aromatic ring is 1. The molecular formula is C42H47ClF2N12O2. The van der Waals surface area contributed by atoms with E-state index in [1.165, 1.54) is 50.7 Å². The summed E-state index contributed by atoms with van der Waals surface area (Å²) in [5, 5.41) is 3.39. The summed E-state index contributed by atoms with van der Waals surface area (Å²) in [4.78, 5) is 29.8. The molecule has 2 fully saturated rings. The fourth-order valence-electron chi connectivity index (χ4n) is 8.30. The second kappa shape index (κ2) is 16.3. The van der Waals surface area contributed by atoms with Crippen molar-refractivity contribution in [1.82, 2.24) is 39.0 Å². The van der Waals surface area contributed by atoms with Gasteiger partial charge in [-0.3, -0.25) is 0 Å². The van der Waals surface area contributed by atoms with E-state index in [0.29, 0.717) is 41.1 Å². The summed E-state index contributed by atoms with van der Waals surface area (Å²) in [7, 11) is 4.15. The molecule has 2 spiro atoms. The molecule has 0 atom stereocenters. The molecular weight excluding hydrogens is 778 g/mol. The highest BCUT2D eigenvalue weighted by Crippen LogP contribution is 2.45. The van der Waals surface area contributed by atoms with Gasteiger partial charge in [-0.1, -0.05) is 25.7 Å². The van der Waals surface area contributed by atoms with Gasteiger partial charge < -0.3 is 39.5 Å². The summed E-state index contributed by atoms with van der Waals surface area (Å²) < 4.78 is 43.1. The van der Waals surface area contributed by atoms with E-state index in [1.54, 1.807) is 70.8 Å². The fraction of sp³-hybridized carbons (Fsp3) is 0.381. The van der Waals surface area contributed by atoms with Crippen molar-refractivity contribution >= 4 is 40.6 Å². The van der Waals surface area contributed by atoms with Gasteiger partial charge in [-0.05, 0) is 87.5 Å². The van der Waals surface area contributed by atoms with E-state index in [4.69, 9.17) is 26.8 Å². The molecule has 0 bridgehead atoms. The maximum absolute atomic E-state index is 14.6. The molecule has 2 aliphatic carbocycles. The maximum Gasteiger partial charge on any atom is 0.229 e. The largest absolute Gasteiger partial charge is 0.486 e. The first-order valence-electron chi connectivity index (χ1n) is 19.7. The zero-order chi connectivity index (χ0) is 41.3. The zero-order valence-electron chi connectivity index (χ0n) is 33.5. The number of ether oxygens (including phenoxy) is 2. The maximum atomic E-state index is 14.6. The van der Waals surface area contributed by atoms with E-state index in [0.717, 1.165) is 48.2 Å². The van der Waals surface area contributed by atoms with Crippen LogP contribution in [0.1, 0.15) is 62.8 Å². The summed E-state index contributed by atoms with van der Waals surface area (Å²) in [6, 6.07) is 9.53. The van der Waals surface area contributed by atoms with Crippen molar-refractivity contribution in [2.24, 2.45) is 0 Å². The van der Waals surface area contributed by atoms with Crippen LogP contribution >= 0.6 is 11.6 Å². The molecule has 308 valence electrons. The minimum absolute atomic E-state index is 0.0231. The number of fused-ring (bicyclic) bond motifs is 2. The quantitative estimate of drug-likeness (QED) is 0.130. The number of benzene rings is 2. The molecule has 59 heavy (non-hydrogen) atoms. The Bertz CT molecular complexity index is 2450. The van der Waals surface area contributed by atoms with Crippen molar-refractivity contribution in [3.05, 3.63) is 102 Å². The molecule has 2 saturated carbocycles. The molecule has 0 amide bonds. The predicted molar refractivity (Wildman–Crippen MR) is 223 cm³/mol. The third-order valence-electron chi connectivity index (χ3n) is 11.7. The summed E-state index contributed by atoms with van der Waals surface area (Å²) in [5.74, 6) is 2.75. The average Bonchev–Trinajstić information content (AvgIpc) is 4.06. The minimum Gasteiger partial charge on any atom is -0.486 e. The van der Waals surface area contributed by atoms with Gasteiger partial charge in [0.1, 0.15) is 24.8 Å². The van der Waals surface area contributed by atoms with Gasteiger partial charge in [-0.2, -0.15) is 9.97 Å². The first-order chi connectivity index (χ1) is 28.4. The summed E-state index contributed by atoms with van der Waals surface area (Å²) in [6.07, 6.45) is 19.6. The Balaban J connectivity index is 0.000000136. The van der Waals surface area contributed by atoms with E-state index in [2.05, 4.69) is 59.1 Å². The third kappa shape index (κ3) is 8.18. The molecule has 14 nitrogen and oxygen atoms in total. The number of hydrogen-bond donors (Lipinski definition) is 2. The standard InChI is InChI=1S/C21H23FN6O.C11H14ClN3O.C10H10FN3/c1-14-11-28(13-24-14)17-6-5-15(9-16(17)22)25-20-23-10-18-19(26-20)27(2)21(12-29-18)7-3-4-8-21;1-15-9-8(6-13-10(12)14-9)16-7-11(15)4-2-3-5-11;1-7-5-14(6-13-7)10-3-2-8(12)4-9(10)11/h5-6,9-11,13H,3-4,7-8,12H2,1-2H3,(H,23,25,26);6H,2-5,7H2,1H3;2-6H,12H2,1H3. The van der Waals surface area contributed by atoms with Crippen LogP contribution in [0, 0.1) is 25.5 Å². The highest BCUT2D eigenvalue weighted by atomic mass is 35.5. The van der Waals surface area contributed by atoms with E-state index < -0.39 is 0 Å². The SMILES string of the molecule is CN1c2nc(Cl)ncc2OCC12CCCC2.Cc1cn(-c2ccc(N)cc2F)cn1.Cc1cn(-c2ccc(Nc3ncc4c(n3)N(C)C3(CCCC3)CO4)cc2F)cn1. The monoisotopic (exact) mass is 824 g/mol. The molecule has 0 radical (unpaired) electrons. The lowest BCUT2D eigenvalue weighted by molar-refractivity contribution is 0.192. The van der Waals surface area contributed by atoms with Crippen LogP contribution in [0.15, 0.2) is 73.8 Å². The molecule has 10 rings (SSSR count). The van der Waals surface area contributed by atoms with Gasteiger partial charge in [-0.25, -0.2) is 28.7 Å². The summed E-state index contributed by atoms with van der Waals surface area (Å²) >= 11 is 5.83. The Labute approximate surface area is 346 Å². The van der Waals surface area contributed by atoms with Crippen LogP contribution in [-0.2, 0) is 0 Å². The first-order valence-corrected chi connectivity index (χ1v) is 20.1. The summed E-state index contributed by atoms with van der Waals surface area (Å²) in [5.41, 5.74) is 9.18. The van der Waals surface area contributed by atoms with Crippen molar-refractivity contribution in [3.63, 3.8) is 0 Å². The Morgan fingerprint density at radius 3 is 1.71 bits per heavy atom. The third-order valence-corrected chi connectivity index (χ3v) is 11.9. The highest BCUT2D eigenvalue weighted by molar-refractivity contribution is 6.28. The number of halogens is 3. The van der Waals surface area contributed by atoms with Gasteiger partial charge in [-0.15, -0.1) is 0 Å². The zero-order valence-corrected chi connectivity index (χ0v) is 34.3. The lowest BCUT2D eigenvalue weighted by Gasteiger charge is -2.43. The van der Waals surface area contributed by atoms with E-state index in [1.807, 2.05) is 13.8 Å². The van der Waals surface area contributed by atoms with Gasteiger partial charge in [0.05, 0.1) is 58.9 Å². The van der Waals surface area contributed by atoms with Crippen LogP contribution in [0.25, 0.3) is 11.4 Å². The van der Waals surface area contributed by atoms with E-state index in [-0.39, 0.29) is 28.0 Å². The van der Waals surface area contributed by atoms with Crippen LogP contribution in [0.5, 0.6) is 11.5 Å². The molecule has 6 aromatic rings. The predicted octanol–water partition coefficient (Wildman–Crippen LogP) is 8.17. The van der Waals surface area contributed by atoms with E-state index in [9.17, 15) is 8.78 Å². The number of nitrogens with one attached hydrogen (secondary N) is 1. The first kappa shape index (κ1) is 39.8. The Morgan fingerprint density at radius 1 is 0.695 bits per heavy atom. The van der Waals surface area contributed by atoms with Crippen LogP contribution < -0.4 is 30.3 Å². The average molecular weight is 825 g/mol. The molecule has 0 unspecified atom stereocenters. The van der Waals surface area contributed by atoms with Crippen molar-refractivity contribution < 1.29 is 18.3 Å². The highest BCUT2D eigenvalue weighted by Gasteiger charge is 2.44. The lowest BCUT2D eigenvalue weighted by Crippen LogP contribution is -2.52. The molecule has 17 heteroatoms. The van der Waals surface area contributed by atoms with Gasteiger partial charge in [0.2, 0.25) is 11.2 Å². The second-order valence-electron chi connectivity index (χ2n) is 15.6. The van der Waals surface area contributed by atoms with E-state index >= 15 is 0 Å². The normalized spacial score (nSPS) is 16.9. The van der Waals surface area contributed by atoms with Gasteiger partial charge in [0.25, 0.3) is 0 Å². The molecule has 0 saturated heterocycles. The summed E-state index contributed by atoms with van der Waals surface area (Å²) in [6.45, 7) is 5.13. The van der Waals surface area contributed by atoms with Crippen LogP contribution in [0.4, 0.5) is 37.7 Å². The number of aryl methyl sites for hydroxylation is 2. The Kier molecular flexibility index (Phi) is 11.0. The van der Waals surface area contributed by atoms with Crippen LogP contribution in [-0.4, -0.2) is 77.4 Å². The number of rotatable bonds is 4. The van der Waals surface area contributed by atoms with Crippen molar-refractivity contribution in [3.8, 4) is 22.9 Å². The Morgan fingerprint density at radius 2 is 1.20 bits per heavy atom. The fourth-order valence-corrected chi connectivity index (χ4v) is 8.43. The molecule has 2 aromatic carbocycles. The van der Waals surface area contributed by atoms with Gasteiger partial charge in [0, 0.05) is 37.9 Å². The van der Waals surface area contributed by atoms with Gasteiger partial charge in [0.15, 0.2) is 23.1 Å². The number of aromatic nitrogens is 8. The smallest absolute Gasteiger partial charge is 0.229 e. The molecule has 6 heterocycles. The number of likely N-dealkylation sites (N-methyl/N-ethyl adjacent to an activating group) is 2. The molecule has 3 N–H and O–H groups in total. The lowest BCUT2D eigenvalue weighted by atomic mass is 9.95. The van der Waals surface area contributed by atoms with Crippen LogP contribution in [0.3, 0.4) is 0 Å².